The second kappa shape index (κ2) is 7.73. The number of guanidine groups is 1. The van der Waals surface area contributed by atoms with Crippen molar-refractivity contribution in [1.82, 2.24) is 0 Å². The molecule has 0 bridgehead atoms. The predicted molar refractivity (Wildman–Crippen MR) is 85.2 cm³/mol. The molecule has 0 atom stereocenters. The van der Waals surface area contributed by atoms with Crippen LogP contribution in [0.2, 0.25) is 0 Å². The Morgan fingerprint density at radius 3 is 2.38 bits per heavy atom. The summed E-state index contributed by atoms with van der Waals surface area (Å²) in [6.45, 7) is 4.13. The summed E-state index contributed by atoms with van der Waals surface area (Å²) in [4.78, 5) is 4.19. The van der Waals surface area contributed by atoms with E-state index in [2.05, 4.69) is 10.3 Å². The summed E-state index contributed by atoms with van der Waals surface area (Å²) in [5.41, 5.74) is 5.78. The summed E-state index contributed by atoms with van der Waals surface area (Å²) in [7, 11) is 3.15. The number of hydrogen-bond acceptors (Lipinski definition) is 4. The molecule has 0 saturated heterocycles. The smallest absolute Gasteiger partial charge is 0.193 e. The zero-order valence-corrected chi connectivity index (χ0v) is 13.1. The SMILES string of the molecule is CCC(O)(CC)CN=C(N)Nc1ccc(OC)c(OC)c1. The lowest BCUT2D eigenvalue weighted by Crippen LogP contribution is -2.33. The van der Waals surface area contributed by atoms with Crippen molar-refractivity contribution in [1.29, 1.82) is 0 Å². The normalized spacial score (nSPS) is 12.1. The number of hydrogen-bond donors (Lipinski definition) is 3. The van der Waals surface area contributed by atoms with Crippen LogP contribution in [0.15, 0.2) is 23.2 Å². The van der Waals surface area contributed by atoms with E-state index in [1.807, 2.05) is 19.9 Å². The van der Waals surface area contributed by atoms with Gasteiger partial charge in [-0.3, -0.25) is 4.99 Å². The van der Waals surface area contributed by atoms with E-state index in [0.717, 1.165) is 5.69 Å². The fraction of sp³-hybridized carbons (Fsp3) is 0.533. The third-order valence-corrected chi connectivity index (χ3v) is 3.52. The van der Waals surface area contributed by atoms with Gasteiger partial charge in [0.15, 0.2) is 17.5 Å². The number of rotatable bonds is 7. The Morgan fingerprint density at radius 2 is 1.86 bits per heavy atom. The fourth-order valence-electron chi connectivity index (χ4n) is 1.81. The molecule has 0 saturated carbocycles. The number of ether oxygens (including phenoxy) is 2. The highest BCUT2D eigenvalue weighted by molar-refractivity contribution is 5.92. The Balaban J connectivity index is 2.76. The van der Waals surface area contributed by atoms with Gasteiger partial charge in [-0.2, -0.15) is 0 Å². The maximum atomic E-state index is 10.2. The Bertz CT molecular complexity index is 485. The number of aliphatic imine (C=N–C) groups is 1. The first-order valence-electron chi connectivity index (χ1n) is 6.99. The number of aliphatic hydroxyl groups is 1. The monoisotopic (exact) mass is 295 g/mol. The van der Waals surface area contributed by atoms with Crippen LogP contribution in [0.25, 0.3) is 0 Å². The molecular weight excluding hydrogens is 270 g/mol. The summed E-state index contributed by atoms with van der Waals surface area (Å²) >= 11 is 0. The number of nitrogens with one attached hydrogen (secondary N) is 1. The molecule has 0 fully saturated rings. The molecule has 0 aromatic heterocycles. The van der Waals surface area contributed by atoms with E-state index in [1.54, 1.807) is 26.4 Å². The highest BCUT2D eigenvalue weighted by atomic mass is 16.5. The first-order chi connectivity index (χ1) is 9.97. The van der Waals surface area contributed by atoms with E-state index < -0.39 is 5.60 Å². The Labute approximate surface area is 126 Å². The van der Waals surface area contributed by atoms with E-state index in [1.165, 1.54) is 0 Å². The highest BCUT2D eigenvalue weighted by Gasteiger charge is 2.21. The van der Waals surface area contributed by atoms with Crippen molar-refractivity contribution in [2.24, 2.45) is 10.7 Å². The van der Waals surface area contributed by atoms with Crippen molar-refractivity contribution in [2.75, 3.05) is 26.1 Å². The van der Waals surface area contributed by atoms with E-state index in [9.17, 15) is 5.11 Å². The highest BCUT2D eigenvalue weighted by Crippen LogP contribution is 2.29. The molecule has 118 valence electrons. The summed E-state index contributed by atoms with van der Waals surface area (Å²) in [6, 6.07) is 5.37. The van der Waals surface area contributed by atoms with Gasteiger partial charge in [-0.05, 0) is 25.0 Å². The molecule has 0 aliphatic rings. The molecule has 1 aromatic rings. The Morgan fingerprint density at radius 1 is 1.24 bits per heavy atom. The topological polar surface area (TPSA) is 89.1 Å². The van der Waals surface area contributed by atoms with Crippen molar-refractivity contribution in [3.05, 3.63) is 18.2 Å². The van der Waals surface area contributed by atoms with Gasteiger partial charge in [-0.25, -0.2) is 0 Å². The maximum Gasteiger partial charge on any atom is 0.193 e. The molecule has 6 heteroatoms. The van der Waals surface area contributed by atoms with Gasteiger partial charge in [0.2, 0.25) is 0 Å². The van der Waals surface area contributed by atoms with Crippen LogP contribution in [-0.2, 0) is 0 Å². The van der Waals surface area contributed by atoms with Crippen molar-refractivity contribution < 1.29 is 14.6 Å². The maximum absolute atomic E-state index is 10.2. The van der Waals surface area contributed by atoms with Crippen LogP contribution in [0.1, 0.15) is 26.7 Å². The Kier molecular flexibility index (Phi) is 6.30. The predicted octanol–water partition coefficient (Wildman–Crippen LogP) is 1.98. The van der Waals surface area contributed by atoms with Crippen molar-refractivity contribution in [3.8, 4) is 11.5 Å². The number of nitrogens with zero attached hydrogens (tertiary/aromatic N) is 1. The van der Waals surface area contributed by atoms with Crippen molar-refractivity contribution in [3.63, 3.8) is 0 Å². The largest absolute Gasteiger partial charge is 0.493 e. The van der Waals surface area contributed by atoms with Crippen LogP contribution >= 0.6 is 0 Å². The van der Waals surface area contributed by atoms with Crippen LogP contribution in [0.3, 0.4) is 0 Å². The van der Waals surface area contributed by atoms with Crippen LogP contribution in [0.4, 0.5) is 5.69 Å². The first kappa shape index (κ1) is 17.1. The molecule has 1 aromatic carbocycles. The van der Waals surface area contributed by atoms with Gasteiger partial charge in [0.1, 0.15) is 0 Å². The molecule has 6 nitrogen and oxygen atoms in total. The summed E-state index contributed by atoms with van der Waals surface area (Å²) < 4.78 is 10.4. The van der Waals surface area contributed by atoms with Gasteiger partial charge < -0.3 is 25.6 Å². The minimum atomic E-state index is -0.802. The number of nitrogens with two attached hydrogens (primary N) is 1. The second-order valence-electron chi connectivity index (χ2n) is 4.83. The molecule has 21 heavy (non-hydrogen) atoms. The fourth-order valence-corrected chi connectivity index (χ4v) is 1.81. The molecule has 0 aliphatic carbocycles. The van der Waals surface area contributed by atoms with Gasteiger partial charge >= 0.3 is 0 Å². The number of anilines is 1. The lowest BCUT2D eigenvalue weighted by molar-refractivity contribution is 0.0419. The molecule has 4 N–H and O–H groups in total. The number of benzene rings is 1. The van der Waals surface area contributed by atoms with E-state index >= 15 is 0 Å². The molecule has 0 spiro atoms. The minimum Gasteiger partial charge on any atom is -0.493 e. The molecule has 0 radical (unpaired) electrons. The standard InChI is InChI=1S/C15H25N3O3/c1-5-15(19,6-2)10-17-14(16)18-11-7-8-12(20-3)13(9-11)21-4/h7-9,19H,5-6,10H2,1-4H3,(H3,16,17,18). The van der Waals surface area contributed by atoms with E-state index in [0.29, 0.717) is 24.3 Å². The molecule has 0 amide bonds. The lowest BCUT2D eigenvalue weighted by atomic mass is 9.98. The average Bonchev–Trinajstić information content (AvgIpc) is 2.52. The summed E-state index contributed by atoms with van der Waals surface area (Å²) in [5, 5.41) is 13.1. The van der Waals surface area contributed by atoms with Gasteiger partial charge in [0, 0.05) is 11.8 Å². The molecule has 0 aliphatic heterocycles. The van der Waals surface area contributed by atoms with E-state index in [4.69, 9.17) is 15.2 Å². The molecular formula is C15H25N3O3. The third-order valence-electron chi connectivity index (χ3n) is 3.52. The third kappa shape index (κ3) is 4.82. The van der Waals surface area contributed by atoms with E-state index in [-0.39, 0.29) is 12.5 Å². The summed E-state index contributed by atoms with van der Waals surface area (Å²) in [5.74, 6) is 1.50. The average molecular weight is 295 g/mol. The zero-order chi connectivity index (χ0) is 15.9. The van der Waals surface area contributed by atoms with Gasteiger partial charge in [-0.15, -0.1) is 0 Å². The van der Waals surface area contributed by atoms with Gasteiger partial charge in [-0.1, -0.05) is 13.8 Å². The molecule has 0 heterocycles. The zero-order valence-electron chi connectivity index (χ0n) is 13.1. The van der Waals surface area contributed by atoms with Gasteiger partial charge in [0.25, 0.3) is 0 Å². The van der Waals surface area contributed by atoms with Crippen LogP contribution in [0.5, 0.6) is 11.5 Å². The number of methoxy groups -OCH3 is 2. The van der Waals surface area contributed by atoms with Crippen molar-refractivity contribution >= 4 is 11.6 Å². The van der Waals surface area contributed by atoms with Crippen LogP contribution in [0, 0.1) is 0 Å². The quantitative estimate of drug-likeness (QED) is 0.529. The Hall–Kier alpha value is -1.95. The summed E-state index contributed by atoms with van der Waals surface area (Å²) in [6.07, 6.45) is 1.27. The second-order valence-corrected chi connectivity index (χ2v) is 4.83. The lowest BCUT2D eigenvalue weighted by Gasteiger charge is -2.22. The van der Waals surface area contributed by atoms with Crippen LogP contribution in [-0.4, -0.2) is 37.4 Å². The van der Waals surface area contributed by atoms with Crippen LogP contribution < -0.4 is 20.5 Å². The molecule has 0 unspecified atom stereocenters. The molecule has 1 rings (SSSR count). The van der Waals surface area contributed by atoms with Gasteiger partial charge in [0.05, 0.1) is 26.4 Å². The minimum absolute atomic E-state index is 0.252. The first-order valence-corrected chi connectivity index (χ1v) is 6.99. The van der Waals surface area contributed by atoms with Crippen molar-refractivity contribution in [2.45, 2.75) is 32.3 Å².